The Kier molecular flexibility index (Phi) is 4.35. The van der Waals surface area contributed by atoms with Crippen molar-refractivity contribution in [3.63, 3.8) is 0 Å². The van der Waals surface area contributed by atoms with Gasteiger partial charge in [0.25, 0.3) is 0 Å². The van der Waals surface area contributed by atoms with Gasteiger partial charge in [0.2, 0.25) is 0 Å². The minimum atomic E-state index is -4.42. The summed E-state index contributed by atoms with van der Waals surface area (Å²) in [6, 6.07) is 9.24. The molecule has 0 unspecified atom stereocenters. The first-order chi connectivity index (χ1) is 10.3. The average molecular weight is 306 g/mol. The van der Waals surface area contributed by atoms with Crippen LogP contribution in [0.1, 0.15) is 27.0 Å². The molecule has 0 aliphatic heterocycles. The van der Waals surface area contributed by atoms with Gasteiger partial charge in [-0.3, -0.25) is 4.79 Å². The van der Waals surface area contributed by atoms with E-state index >= 15 is 0 Å². The molecule has 2 rings (SSSR count). The van der Waals surface area contributed by atoms with E-state index in [4.69, 9.17) is 5.11 Å². The molecule has 2 aromatic carbocycles. The monoisotopic (exact) mass is 306 g/mol. The van der Waals surface area contributed by atoms with Gasteiger partial charge in [0.15, 0.2) is 5.78 Å². The highest BCUT2D eigenvalue weighted by Gasteiger charge is 2.30. The smallest absolute Gasteiger partial charge is 0.416 e. The molecule has 2 nitrogen and oxygen atoms in total. The Balaban J connectivity index is 2.24. The van der Waals surface area contributed by atoms with Crippen molar-refractivity contribution in [2.24, 2.45) is 0 Å². The second kappa shape index (κ2) is 6.05. The number of carbonyl (C=O) groups is 1. The Bertz CT molecular complexity index is 714. The van der Waals surface area contributed by atoms with Crippen LogP contribution in [0.5, 0.6) is 5.75 Å². The maximum absolute atomic E-state index is 12.7. The number of hydrogen-bond donors (Lipinski definition) is 1. The predicted octanol–water partition coefficient (Wildman–Crippen LogP) is 4.62. The molecule has 0 aliphatic rings. The fourth-order valence-corrected chi connectivity index (χ4v) is 1.97. The SMILES string of the molecule is Cc1cc(/C=C/C(=O)c2ccc(O)cc2)cc(C(F)(F)F)c1. The Morgan fingerprint density at radius 3 is 2.32 bits per heavy atom. The first-order valence-corrected chi connectivity index (χ1v) is 6.46. The zero-order valence-corrected chi connectivity index (χ0v) is 11.7. The molecule has 0 saturated heterocycles. The molecule has 2 aromatic rings. The van der Waals surface area contributed by atoms with E-state index in [2.05, 4.69) is 0 Å². The fourth-order valence-electron chi connectivity index (χ4n) is 1.97. The molecule has 0 heterocycles. The molecule has 0 bridgehead atoms. The third-order valence-electron chi connectivity index (χ3n) is 3.01. The summed E-state index contributed by atoms with van der Waals surface area (Å²) in [6.07, 6.45) is -1.87. The topological polar surface area (TPSA) is 37.3 Å². The normalized spacial score (nSPS) is 11.8. The maximum Gasteiger partial charge on any atom is 0.416 e. The highest BCUT2D eigenvalue weighted by atomic mass is 19.4. The van der Waals surface area contributed by atoms with Crippen LogP contribution in [0.15, 0.2) is 48.5 Å². The molecule has 5 heteroatoms. The lowest BCUT2D eigenvalue weighted by atomic mass is 10.0. The molecule has 0 fully saturated rings. The predicted molar refractivity (Wildman–Crippen MR) is 77.7 cm³/mol. The van der Waals surface area contributed by atoms with Crippen LogP contribution in [0.25, 0.3) is 6.08 Å². The molecular formula is C17H13F3O2. The van der Waals surface area contributed by atoms with E-state index in [0.717, 1.165) is 12.1 Å². The molecular weight excluding hydrogens is 293 g/mol. The fraction of sp³-hybridized carbons (Fsp3) is 0.118. The maximum atomic E-state index is 12.7. The number of phenols is 1. The Morgan fingerprint density at radius 1 is 1.09 bits per heavy atom. The zero-order chi connectivity index (χ0) is 16.3. The minimum Gasteiger partial charge on any atom is -0.508 e. The lowest BCUT2D eigenvalue weighted by molar-refractivity contribution is -0.137. The van der Waals surface area contributed by atoms with Crippen molar-refractivity contribution < 1.29 is 23.1 Å². The van der Waals surface area contributed by atoms with Crippen LogP contribution in [-0.2, 0) is 6.18 Å². The van der Waals surface area contributed by atoms with Crippen LogP contribution in [0.2, 0.25) is 0 Å². The Labute approximate surface area is 125 Å². The van der Waals surface area contributed by atoms with Crippen LogP contribution in [-0.4, -0.2) is 10.9 Å². The van der Waals surface area contributed by atoms with E-state index < -0.39 is 11.7 Å². The van der Waals surface area contributed by atoms with Gasteiger partial charge in [-0.15, -0.1) is 0 Å². The molecule has 22 heavy (non-hydrogen) atoms. The molecule has 114 valence electrons. The van der Waals surface area contributed by atoms with Gasteiger partial charge in [-0.1, -0.05) is 12.1 Å². The van der Waals surface area contributed by atoms with Crippen LogP contribution in [0, 0.1) is 6.92 Å². The number of ketones is 1. The zero-order valence-electron chi connectivity index (χ0n) is 11.7. The summed E-state index contributed by atoms with van der Waals surface area (Å²) >= 11 is 0. The first-order valence-electron chi connectivity index (χ1n) is 6.46. The van der Waals surface area contributed by atoms with Crippen molar-refractivity contribution in [2.75, 3.05) is 0 Å². The van der Waals surface area contributed by atoms with Crippen LogP contribution < -0.4 is 0 Å². The second-order valence-corrected chi connectivity index (χ2v) is 4.87. The summed E-state index contributed by atoms with van der Waals surface area (Å²) in [6.45, 7) is 1.56. The standard InChI is InChI=1S/C17H13F3O2/c1-11-8-12(10-14(9-11)17(18,19)20)2-7-16(22)13-3-5-15(21)6-4-13/h2-10,21H,1H3/b7-2+. The number of carbonyl (C=O) groups excluding carboxylic acids is 1. The molecule has 0 radical (unpaired) electrons. The van der Waals surface area contributed by atoms with Crippen molar-refractivity contribution in [3.05, 3.63) is 70.8 Å². The summed E-state index contributed by atoms with van der Waals surface area (Å²) in [5, 5.41) is 9.15. The van der Waals surface area contributed by atoms with E-state index in [-0.39, 0.29) is 11.5 Å². The Hall–Kier alpha value is -2.56. The van der Waals surface area contributed by atoms with E-state index in [9.17, 15) is 18.0 Å². The summed E-state index contributed by atoms with van der Waals surface area (Å²) < 4.78 is 38.2. The van der Waals surface area contributed by atoms with E-state index in [0.29, 0.717) is 16.7 Å². The van der Waals surface area contributed by atoms with Gasteiger partial charge in [-0.25, -0.2) is 0 Å². The van der Waals surface area contributed by atoms with Gasteiger partial charge in [0, 0.05) is 5.56 Å². The van der Waals surface area contributed by atoms with E-state index in [1.807, 2.05) is 0 Å². The van der Waals surface area contributed by atoms with Gasteiger partial charge in [-0.05, 0) is 60.5 Å². The highest BCUT2D eigenvalue weighted by molar-refractivity contribution is 6.06. The number of aryl methyl sites for hydroxylation is 1. The third kappa shape index (κ3) is 3.97. The van der Waals surface area contributed by atoms with Crippen molar-refractivity contribution in [1.29, 1.82) is 0 Å². The van der Waals surface area contributed by atoms with Crippen LogP contribution in [0.4, 0.5) is 13.2 Å². The molecule has 1 N–H and O–H groups in total. The van der Waals surface area contributed by atoms with Crippen molar-refractivity contribution >= 4 is 11.9 Å². The summed E-state index contributed by atoms with van der Waals surface area (Å²) in [4.78, 5) is 11.9. The van der Waals surface area contributed by atoms with Crippen molar-refractivity contribution in [2.45, 2.75) is 13.1 Å². The summed E-state index contributed by atoms with van der Waals surface area (Å²) in [7, 11) is 0. The van der Waals surface area contributed by atoms with Crippen LogP contribution in [0.3, 0.4) is 0 Å². The second-order valence-electron chi connectivity index (χ2n) is 4.87. The number of halogens is 3. The molecule has 0 aromatic heterocycles. The Morgan fingerprint density at radius 2 is 1.73 bits per heavy atom. The van der Waals surface area contributed by atoms with Gasteiger partial charge < -0.3 is 5.11 Å². The number of hydrogen-bond acceptors (Lipinski definition) is 2. The number of benzene rings is 2. The largest absolute Gasteiger partial charge is 0.508 e. The van der Waals surface area contributed by atoms with Gasteiger partial charge in [0.05, 0.1) is 5.56 Å². The lowest BCUT2D eigenvalue weighted by Gasteiger charge is -2.08. The minimum absolute atomic E-state index is 0.0361. The van der Waals surface area contributed by atoms with Gasteiger partial charge >= 0.3 is 6.18 Å². The lowest BCUT2D eigenvalue weighted by Crippen LogP contribution is -2.05. The van der Waals surface area contributed by atoms with Crippen molar-refractivity contribution in [1.82, 2.24) is 0 Å². The number of aromatic hydroxyl groups is 1. The van der Waals surface area contributed by atoms with E-state index in [1.54, 1.807) is 13.0 Å². The van der Waals surface area contributed by atoms with Gasteiger partial charge in [-0.2, -0.15) is 13.2 Å². The number of allylic oxidation sites excluding steroid dienone is 1. The van der Waals surface area contributed by atoms with Gasteiger partial charge in [0.1, 0.15) is 5.75 Å². The summed E-state index contributed by atoms with van der Waals surface area (Å²) in [5.41, 5.74) is 0.369. The summed E-state index contributed by atoms with van der Waals surface area (Å²) in [5.74, 6) is -0.316. The molecule has 0 spiro atoms. The highest BCUT2D eigenvalue weighted by Crippen LogP contribution is 2.30. The quantitative estimate of drug-likeness (QED) is 0.664. The number of alkyl halides is 3. The molecule has 0 atom stereocenters. The van der Waals surface area contributed by atoms with Crippen molar-refractivity contribution in [3.8, 4) is 5.75 Å². The molecule has 0 aliphatic carbocycles. The average Bonchev–Trinajstić information content (AvgIpc) is 2.44. The number of phenolic OH excluding ortho intramolecular Hbond substituents is 1. The molecule has 0 saturated carbocycles. The molecule has 0 amide bonds. The van der Waals surface area contributed by atoms with Crippen LogP contribution >= 0.6 is 0 Å². The first kappa shape index (κ1) is 15.8. The van der Waals surface area contributed by atoms with E-state index in [1.165, 1.54) is 36.4 Å². The third-order valence-corrected chi connectivity index (χ3v) is 3.01. The number of rotatable bonds is 3.